The van der Waals surface area contributed by atoms with Crippen molar-refractivity contribution < 1.29 is 0 Å². The zero-order valence-electron chi connectivity index (χ0n) is 15.6. The van der Waals surface area contributed by atoms with Gasteiger partial charge in [-0.2, -0.15) is 10.9 Å². The van der Waals surface area contributed by atoms with Gasteiger partial charge in [-0.1, -0.05) is 67.3 Å². The van der Waals surface area contributed by atoms with Crippen LogP contribution in [0.1, 0.15) is 49.1 Å². The summed E-state index contributed by atoms with van der Waals surface area (Å²) in [5, 5.41) is 0. The van der Waals surface area contributed by atoms with Gasteiger partial charge >= 0.3 is 0 Å². The first-order valence-corrected chi connectivity index (χ1v) is 11.2. The average molecular weight is 361 g/mol. The summed E-state index contributed by atoms with van der Waals surface area (Å²) >= 11 is 0. The van der Waals surface area contributed by atoms with E-state index in [1.807, 2.05) is 0 Å². The van der Waals surface area contributed by atoms with Gasteiger partial charge in [0.05, 0.1) is 0 Å². The highest BCUT2D eigenvalue weighted by atomic mass is 32.2. The van der Waals surface area contributed by atoms with Gasteiger partial charge in [0, 0.05) is 0 Å². The van der Waals surface area contributed by atoms with Crippen LogP contribution in [0, 0.1) is 6.92 Å². The molecular weight excluding hydrogens is 332 g/mol. The smallest absolute Gasteiger partial charge is 0.00450 e. The van der Waals surface area contributed by atoms with Crippen molar-refractivity contribution in [3.8, 4) is 0 Å². The van der Waals surface area contributed by atoms with E-state index < -0.39 is 10.9 Å². The van der Waals surface area contributed by atoms with Gasteiger partial charge in [-0.25, -0.2) is 0 Å². The van der Waals surface area contributed by atoms with Crippen LogP contribution in [0.5, 0.6) is 0 Å². The minimum absolute atomic E-state index is 0.488. The Labute approximate surface area is 160 Å². The van der Waals surface area contributed by atoms with Crippen molar-refractivity contribution in [3.63, 3.8) is 0 Å². The molecule has 0 amide bonds. The zero-order valence-corrected chi connectivity index (χ0v) is 16.5. The maximum atomic E-state index is 2.40. The molecule has 1 aliphatic rings. The molecule has 1 unspecified atom stereocenters. The van der Waals surface area contributed by atoms with Crippen LogP contribution in [0.3, 0.4) is 0 Å². The summed E-state index contributed by atoms with van der Waals surface area (Å²) in [6.45, 7) is 2.16. The summed E-state index contributed by atoms with van der Waals surface area (Å²) in [4.78, 5) is 4.31. The molecule has 0 spiro atoms. The first kappa shape index (κ1) is 17.4. The second-order valence-electron chi connectivity index (χ2n) is 7.43. The highest BCUT2D eigenvalue weighted by Gasteiger charge is 2.17. The quantitative estimate of drug-likeness (QED) is 0.457. The minimum Gasteiger partial charge on any atom is -0.173 e. The van der Waals surface area contributed by atoms with Crippen LogP contribution < -0.4 is 0 Å². The Kier molecular flexibility index (Phi) is 5.45. The monoisotopic (exact) mass is 360 g/mol. The van der Waals surface area contributed by atoms with Gasteiger partial charge in [0.15, 0.2) is 0 Å². The van der Waals surface area contributed by atoms with Crippen LogP contribution in [0.15, 0.2) is 93.5 Å². The molecule has 0 heterocycles. The molecule has 26 heavy (non-hydrogen) atoms. The van der Waals surface area contributed by atoms with Crippen molar-refractivity contribution in [2.24, 2.45) is 0 Å². The maximum Gasteiger partial charge on any atom is -0.00450 e. The zero-order chi connectivity index (χ0) is 17.8. The third-order valence-corrected chi connectivity index (χ3v) is 7.98. The van der Waals surface area contributed by atoms with E-state index >= 15 is 0 Å². The van der Waals surface area contributed by atoms with Gasteiger partial charge in [-0.05, 0) is 82.3 Å². The van der Waals surface area contributed by atoms with Crippen LogP contribution in [-0.4, -0.2) is 0 Å². The van der Waals surface area contributed by atoms with Gasteiger partial charge < -0.3 is 0 Å². The Bertz CT molecular complexity index is 812. The fourth-order valence-electron chi connectivity index (χ4n) is 4.05. The molecule has 4 rings (SSSR count). The molecule has 0 bridgehead atoms. The van der Waals surface area contributed by atoms with Crippen LogP contribution >= 0.6 is 10.9 Å². The van der Waals surface area contributed by atoms with Crippen molar-refractivity contribution in [1.82, 2.24) is 0 Å². The third kappa shape index (κ3) is 3.88. The third-order valence-electron chi connectivity index (χ3n) is 5.53. The topological polar surface area (TPSA) is 0 Å². The molecule has 1 atom stereocenters. The average Bonchev–Trinajstić information content (AvgIpc) is 2.72. The Hall–Kier alpha value is -1.99. The van der Waals surface area contributed by atoms with Crippen LogP contribution in [-0.2, 0) is 0 Å². The highest BCUT2D eigenvalue weighted by Crippen LogP contribution is 2.51. The van der Waals surface area contributed by atoms with E-state index in [2.05, 4.69) is 85.8 Å². The molecule has 1 fully saturated rings. The van der Waals surface area contributed by atoms with Gasteiger partial charge in [0.1, 0.15) is 0 Å². The lowest BCUT2D eigenvalue weighted by Gasteiger charge is -2.25. The van der Waals surface area contributed by atoms with Crippen LogP contribution in [0.25, 0.3) is 0 Å². The molecule has 3 aromatic rings. The molecule has 134 valence electrons. The molecule has 1 saturated carbocycles. The summed E-state index contributed by atoms with van der Waals surface area (Å²) in [5.41, 5.74) is 2.87. The summed E-state index contributed by atoms with van der Waals surface area (Å²) < 4.78 is 0. The molecule has 0 radical (unpaired) electrons. The lowest BCUT2D eigenvalue weighted by molar-refractivity contribution is 0.443. The molecule has 1 heteroatoms. The molecular formula is C25H28S. The van der Waals surface area contributed by atoms with Crippen molar-refractivity contribution >= 4 is 10.9 Å². The SMILES string of the molecule is Cc1ccc([SH](c2ccccc2)c2ccc(C3CCCCC3)cc2)cc1. The lowest BCUT2D eigenvalue weighted by atomic mass is 9.84. The Morgan fingerprint density at radius 2 is 1.15 bits per heavy atom. The summed E-state index contributed by atoms with van der Waals surface area (Å²) in [6.07, 6.45) is 6.94. The Morgan fingerprint density at radius 3 is 1.77 bits per heavy atom. The van der Waals surface area contributed by atoms with E-state index in [0.717, 1.165) is 5.92 Å². The van der Waals surface area contributed by atoms with Crippen LogP contribution in [0.4, 0.5) is 0 Å². The normalized spacial score (nSPS) is 17.0. The first-order valence-electron chi connectivity index (χ1n) is 9.83. The fourth-order valence-corrected chi connectivity index (χ4v) is 6.31. The van der Waals surface area contributed by atoms with Crippen molar-refractivity contribution in [2.45, 2.75) is 59.6 Å². The lowest BCUT2D eigenvalue weighted by Crippen LogP contribution is -2.04. The molecule has 3 aromatic carbocycles. The van der Waals surface area contributed by atoms with E-state index in [1.54, 1.807) is 5.56 Å². The van der Waals surface area contributed by atoms with E-state index in [9.17, 15) is 0 Å². The fraction of sp³-hybridized carbons (Fsp3) is 0.280. The highest BCUT2D eigenvalue weighted by molar-refractivity contribution is 8.17. The standard InChI is InChI=1S/C25H28S/c1-20-12-16-24(17-13-20)26(23-10-6-3-7-11-23)25-18-14-22(15-19-25)21-8-4-2-5-9-21/h3,6-7,10-19,21,26H,2,4-5,8-9H2,1H3. The number of aryl methyl sites for hydroxylation is 1. The van der Waals surface area contributed by atoms with Crippen molar-refractivity contribution in [1.29, 1.82) is 0 Å². The number of benzene rings is 3. The summed E-state index contributed by atoms with van der Waals surface area (Å²) in [7, 11) is -0.488. The number of thiol groups is 1. The van der Waals surface area contributed by atoms with Gasteiger partial charge in [0.2, 0.25) is 0 Å². The van der Waals surface area contributed by atoms with Gasteiger partial charge in [-0.15, -0.1) is 0 Å². The van der Waals surface area contributed by atoms with Gasteiger partial charge in [0.25, 0.3) is 0 Å². The first-order chi connectivity index (χ1) is 12.8. The Balaban J connectivity index is 1.68. The van der Waals surface area contributed by atoms with E-state index in [0.29, 0.717) is 0 Å². The van der Waals surface area contributed by atoms with E-state index in [4.69, 9.17) is 0 Å². The summed E-state index contributed by atoms with van der Waals surface area (Å²) in [6, 6.07) is 29.7. The molecule has 0 aliphatic heterocycles. The molecule has 0 aromatic heterocycles. The number of hydrogen-bond acceptors (Lipinski definition) is 0. The maximum absolute atomic E-state index is 2.40. The predicted octanol–water partition coefficient (Wildman–Crippen LogP) is 7.52. The Morgan fingerprint density at radius 1 is 0.615 bits per heavy atom. The predicted molar refractivity (Wildman–Crippen MR) is 114 cm³/mol. The van der Waals surface area contributed by atoms with Crippen LogP contribution in [0.2, 0.25) is 0 Å². The van der Waals surface area contributed by atoms with Crippen molar-refractivity contribution in [2.75, 3.05) is 0 Å². The molecule has 0 N–H and O–H groups in total. The molecule has 0 saturated heterocycles. The van der Waals surface area contributed by atoms with E-state index in [1.165, 1.54) is 52.4 Å². The minimum atomic E-state index is -0.488. The second kappa shape index (κ2) is 8.14. The molecule has 0 nitrogen and oxygen atoms in total. The molecule has 1 aliphatic carbocycles. The van der Waals surface area contributed by atoms with E-state index in [-0.39, 0.29) is 0 Å². The summed E-state index contributed by atoms with van der Waals surface area (Å²) in [5.74, 6) is 0.778. The number of hydrogen-bond donors (Lipinski definition) is 1. The van der Waals surface area contributed by atoms with Gasteiger partial charge in [-0.3, -0.25) is 0 Å². The number of rotatable bonds is 4. The largest absolute Gasteiger partial charge is 0.173 e. The second-order valence-corrected chi connectivity index (χ2v) is 9.65. The van der Waals surface area contributed by atoms with Crippen molar-refractivity contribution in [3.05, 3.63) is 90.0 Å².